The third-order valence-electron chi connectivity index (χ3n) is 6.07. The van der Waals surface area contributed by atoms with Crippen molar-refractivity contribution in [2.75, 3.05) is 0 Å². The molecule has 0 aromatic rings. The summed E-state index contributed by atoms with van der Waals surface area (Å²) in [5.74, 6) is 0. The Labute approximate surface area is 103 Å². The van der Waals surface area contributed by atoms with E-state index in [1.54, 1.807) is 0 Å². The lowest BCUT2D eigenvalue weighted by molar-refractivity contribution is -0.0871. The zero-order chi connectivity index (χ0) is 12.4. The summed E-state index contributed by atoms with van der Waals surface area (Å²) >= 11 is 0. The van der Waals surface area contributed by atoms with Crippen molar-refractivity contribution in [3.63, 3.8) is 0 Å². The first kappa shape index (κ1) is 14.1. The lowest BCUT2D eigenvalue weighted by Gasteiger charge is -2.58. The standard InChI is InChI=1S/C16H32/c1-7-14(3,4)16(15(5,6)8-2)12-10-9-11-13-16/h7-13H2,1-6H3. The van der Waals surface area contributed by atoms with E-state index in [1.807, 2.05) is 0 Å². The van der Waals surface area contributed by atoms with Gasteiger partial charge in [-0.1, -0.05) is 73.6 Å². The predicted molar refractivity (Wildman–Crippen MR) is 73.7 cm³/mol. The van der Waals surface area contributed by atoms with Crippen molar-refractivity contribution >= 4 is 0 Å². The van der Waals surface area contributed by atoms with E-state index >= 15 is 0 Å². The molecule has 0 radical (unpaired) electrons. The molecule has 0 bridgehead atoms. The molecule has 0 aromatic heterocycles. The Hall–Kier alpha value is 0. The van der Waals surface area contributed by atoms with Crippen LogP contribution in [0.1, 0.15) is 86.5 Å². The Bertz CT molecular complexity index is 198. The summed E-state index contributed by atoms with van der Waals surface area (Å²) in [4.78, 5) is 0. The number of hydrogen-bond donors (Lipinski definition) is 0. The van der Waals surface area contributed by atoms with Gasteiger partial charge in [-0.25, -0.2) is 0 Å². The second-order valence-electron chi connectivity index (χ2n) is 7.12. The molecule has 0 nitrogen and oxygen atoms in total. The highest BCUT2D eigenvalue weighted by molar-refractivity contribution is 5.02. The van der Waals surface area contributed by atoms with Gasteiger partial charge in [-0.15, -0.1) is 0 Å². The predicted octanol–water partition coefficient (Wildman–Crippen LogP) is 5.81. The van der Waals surface area contributed by atoms with Crippen LogP contribution in [0.4, 0.5) is 0 Å². The van der Waals surface area contributed by atoms with Gasteiger partial charge in [-0.3, -0.25) is 0 Å². The van der Waals surface area contributed by atoms with Crippen molar-refractivity contribution in [2.24, 2.45) is 16.2 Å². The van der Waals surface area contributed by atoms with E-state index in [1.165, 1.54) is 44.9 Å². The fraction of sp³-hybridized carbons (Fsp3) is 1.00. The maximum Gasteiger partial charge on any atom is -0.0195 e. The lowest BCUT2D eigenvalue weighted by atomic mass is 9.46. The maximum absolute atomic E-state index is 2.51. The summed E-state index contributed by atoms with van der Waals surface area (Å²) < 4.78 is 0. The normalized spacial score (nSPS) is 22.1. The van der Waals surface area contributed by atoms with Gasteiger partial charge < -0.3 is 0 Å². The van der Waals surface area contributed by atoms with Gasteiger partial charge in [0.15, 0.2) is 0 Å². The summed E-state index contributed by atoms with van der Waals surface area (Å²) in [6.07, 6.45) is 9.90. The SMILES string of the molecule is CCC(C)(C)C1(C(C)(C)CC)CCCCC1. The third kappa shape index (κ3) is 2.05. The molecule has 0 N–H and O–H groups in total. The first-order chi connectivity index (χ1) is 7.33. The Balaban J connectivity index is 3.11. The molecule has 0 saturated heterocycles. The number of hydrogen-bond acceptors (Lipinski definition) is 0. The van der Waals surface area contributed by atoms with E-state index in [0.29, 0.717) is 16.2 Å². The van der Waals surface area contributed by atoms with E-state index in [0.717, 1.165) is 0 Å². The fourth-order valence-corrected chi connectivity index (χ4v) is 4.10. The highest BCUT2D eigenvalue weighted by atomic mass is 14.6. The van der Waals surface area contributed by atoms with E-state index in [4.69, 9.17) is 0 Å². The molecular weight excluding hydrogens is 192 g/mol. The van der Waals surface area contributed by atoms with E-state index < -0.39 is 0 Å². The van der Waals surface area contributed by atoms with Crippen LogP contribution in [0.15, 0.2) is 0 Å². The molecule has 0 aliphatic heterocycles. The van der Waals surface area contributed by atoms with Crippen molar-refractivity contribution in [2.45, 2.75) is 86.5 Å². The molecule has 1 aliphatic carbocycles. The van der Waals surface area contributed by atoms with Crippen molar-refractivity contribution in [1.82, 2.24) is 0 Å². The van der Waals surface area contributed by atoms with Gasteiger partial charge in [0, 0.05) is 0 Å². The summed E-state index contributed by atoms with van der Waals surface area (Å²) in [6, 6.07) is 0. The smallest absolute Gasteiger partial charge is 0.0195 e. The monoisotopic (exact) mass is 224 g/mol. The van der Waals surface area contributed by atoms with Gasteiger partial charge in [0.1, 0.15) is 0 Å². The molecular formula is C16H32. The average Bonchev–Trinajstić information content (AvgIpc) is 2.29. The quantitative estimate of drug-likeness (QED) is 0.565. The van der Waals surface area contributed by atoms with Gasteiger partial charge in [0.05, 0.1) is 0 Å². The summed E-state index contributed by atoms with van der Waals surface area (Å²) in [5, 5.41) is 0. The minimum Gasteiger partial charge on any atom is -0.0649 e. The van der Waals surface area contributed by atoms with Crippen LogP contribution in [0, 0.1) is 16.2 Å². The van der Waals surface area contributed by atoms with Gasteiger partial charge in [-0.05, 0) is 29.1 Å². The van der Waals surface area contributed by atoms with Crippen molar-refractivity contribution < 1.29 is 0 Å². The van der Waals surface area contributed by atoms with Crippen LogP contribution in [0.25, 0.3) is 0 Å². The maximum atomic E-state index is 2.51. The highest BCUT2D eigenvalue weighted by Gasteiger charge is 2.52. The Morgan fingerprint density at radius 2 is 1.12 bits per heavy atom. The van der Waals surface area contributed by atoms with Gasteiger partial charge in [0.25, 0.3) is 0 Å². The Morgan fingerprint density at radius 3 is 1.44 bits per heavy atom. The molecule has 96 valence electrons. The van der Waals surface area contributed by atoms with Crippen molar-refractivity contribution in [1.29, 1.82) is 0 Å². The largest absolute Gasteiger partial charge is 0.0649 e. The molecule has 0 unspecified atom stereocenters. The van der Waals surface area contributed by atoms with Crippen molar-refractivity contribution in [3.05, 3.63) is 0 Å². The highest BCUT2D eigenvalue weighted by Crippen LogP contribution is 2.62. The number of rotatable bonds is 4. The Morgan fingerprint density at radius 1 is 0.750 bits per heavy atom. The zero-order valence-electron chi connectivity index (χ0n) is 12.4. The van der Waals surface area contributed by atoms with E-state index in [2.05, 4.69) is 41.5 Å². The van der Waals surface area contributed by atoms with Crippen LogP contribution in [0.3, 0.4) is 0 Å². The van der Waals surface area contributed by atoms with Crippen LogP contribution in [0.5, 0.6) is 0 Å². The molecule has 0 atom stereocenters. The molecule has 1 rings (SSSR count). The van der Waals surface area contributed by atoms with Crippen LogP contribution in [-0.2, 0) is 0 Å². The molecule has 0 heteroatoms. The molecule has 1 saturated carbocycles. The average molecular weight is 224 g/mol. The minimum absolute atomic E-state index is 0.493. The minimum atomic E-state index is 0.493. The summed E-state index contributed by atoms with van der Waals surface area (Å²) in [7, 11) is 0. The molecule has 0 aromatic carbocycles. The van der Waals surface area contributed by atoms with Gasteiger partial charge >= 0.3 is 0 Å². The Kier molecular flexibility index (Phi) is 4.13. The lowest BCUT2D eigenvalue weighted by Crippen LogP contribution is -2.49. The van der Waals surface area contributed by atoms with Gasteiger partial charge in [-0.2, -0.15) is 0 Å². The zero-order valence-corrected chi connectivity index (χ0v) is 12.4. The molecule has 1 fully saturated rings. The fourth-order valence-electron chi connectivity index (χ4n) is 4.10. The second-order valence-corrected chi connectivity index (χ2v) is 7.12. The van der Waals surface area contributed by atoms with Crippen LogP contribution in [0.2, 0.25) is 0 Å². The van der Waals surface area contributed by atoms with E-state index in [-0.39, 0.29) is 0 Å². The summed E-state index contributed by atoms with van der Waals surface area (Å²) in [5.41, 5.74) is 1.56. The van der Waals surface area contributed by atoms with Gasteiger partial charge in [0.2, 0.25) is 0 Å². The van der Waals surface area contributed by atoms with Crippen LogP contribution in [-0.4, -0.2) is 0 Å². The first-order valence-electron chi connectivity index (χ1n) is 7.33. The molecule has 0 spiro atoms. The van der Waals surface area contributed by atoms with E-state index in [9.17, 15) is 0 Å². The van der Waals surface area contributed by atoms with Crippen LogP contribution >= 0.6 is 0 Å². The molecule has 16 heavy (non-hydrogen) atoms. The topological polar surface area (TPSA) is 0 Å². The second kappa shape index (κ2) is 4.70. The van der Waals surface area contributed by atoms with Crippen LogP contribution < -0.4 is 0 Å². The third-order valence-corrected chi connectivity index (χ3v) is 6.07. The molecule has 1 aliphatic rings. The molecule has 0 heterocycles. The first-order valence-corrected chi connectivity index (χ1v) is 7.33. The summed E-state index contributed by atoms with van der Waals surface area (Å²) in [6.45, 7) is 14.8. The van der Waals surface area contributed by atoms with Crippen molar-refractivity contribution in [3.8, 4) is 0 Å². The molecule has 0 amide bonds.